The van der Waals surface area contributed by atoms with E-state index in [9.17, 15) is 5.11 Å². The van der Waals surface area contributed by atoms with E-state index in [-0.39, 0.29) is 11.1 Å². The SMILES string of the molecule is Oc1ccc(C2NN=C(Cc3ccccc3)S2)cc1. The highest BCUT2D eigenvalue weighted by atomic mass is 32.2. The van der Waals surface area contributed by atoms with E-state index in [1.54, 1.807) is 23.9 Å². The van der Waals surface area contributed by atoms with E-state index in [1.165, 1.54) is 5.56 Å². The monoisotopic (exact) mass is 270 g/mol. The van der Waals surface area contributed by atoms with Crippen LogP contribution in [0.4, 0.5) is 0 Å². The third-order valence-corrected chi connectivity index (χ3v) is 4.08. The van der Waals surface area contributed by atoms with E-state index in [4.69, 9.17) is 0 Å². The van der Waals surface area contributed by atoms with Gasteiger partial charge in [-0.3, -0.25) is 5.43 Å². The van der Waals surface area contributed by atoms with Crippen LogP contribution in [-0.2, 0) is 6.42 Å². The van der Waals surface area contributed by atoms with Crippen LogP contribution in [0.2, 0.25) is 0 Å². The highest BCUT2D eigenvalue weighted by Crippen LogP contribution is 2.33. The number of hydrogen-bond donors (Lipinski definition) is 2. The summed E-state index contributed by atoms with van der Waals surface area (Å²) in [4.78, 5) is 0. The first-order valence-electron chi connectivity index (χ1n) is 6.13. The number of hydrogen-bond acceptors (Lipinski definition) is 4. The van der Waals surface area contributed by atoms with Crippen molar-refractivity contribution in [3.05, 3.63) is 65.7 Å². The fraction of sp³-hybridized carbons (Fsp3) is 0.133. The maximum atomic E-state index is 9.29. The number of benzene rings is 2. The van der Waals surface area contributed by atoms with Gasteiger partial charge in [-0.25, -0.2) is 0 Å². The topological polar surface area (TPSA) is 44.6 Å². The number of thioether (sulfide) groups is 1. The van der Waals surface area contributed by atoms with Crippen LogP contribution < -0.4 is 5.43 Å². The molecule has 4 heteroatoms. The minimum Gasteiger partial charge on any atom is -0.508 e. The van der Waals surface area contributed by atoms with Crippen molar-refractivity contribution in [3.8, 4) is 5.75 Å². The van der Waals surface area contributed by atoms with Gasteiger partial charge in [0.2, 0.25) is 0 Å². The molecule has 2 N–H and O–H groups in total. The van der Waals surface area contributed by atoms with Crippen molar-refractivity contribution in [2.24, 2.45) is 5.10 Å². The molecule has 0 aromatic heterocycles. The van der Waals surface area contributed by atoms with Crippen molar-refractivity contribution in [3.63, 3.8) is 0 Å². The van der Waals surface area contributed by atoms with Crippen molar-refractivity contribution >= 4 is 16.8 Å². The molecular formula is C15H14N2OS. The summed E-state index contributed by atoms with van der Waals surface area (Å²) in [6.45, 7) is 0. The molecule has 0 radical (unpaired) electrons. The summed E-state index contributed by atoms with van der Waals surface area (Å²) >= 11 is 1.72. The zero-order valence-electron chi connectivity index (χ0n) is 10.3. The van der Waals surface area contributed by atoms with Gasteiger partial charge in [0.15, 0.2) is 0 Å². The smallest absolute Gasteiger partial charge is 0.120 e. The average Bonchev–Trinajstić information content (AvgIpc) is 2.89. The van der Waals surface area contributed by atoms with Crippen LogP contribution in [-0.4, -0.2) is 10.2 Å². The molecule has 1 heterocycles. The summed E-state index contributed by atoms with van der Waals surface area (Å²) < 4.78 is 0. The fourth-order valence-corrected chi connectivity index (χ4v) is 2.99. The van der Waals surface area contributed by atoms with Crippen LogP contribution in [0.15, 0.2) is 59.7 Å². The van der Waals surface area contributed by atoms with Gasteiger partial charge >= 0.3 is 0 Å². The van der Waals surface area contributed by atoms with Crippen LogP contribution in [0.3, 0.4) is 0 Å². The van der Waals surface area contributed by atoms with E-state index in [0.717, 1.165) is 17.0 Å². The maximum Gasteiger partial charge on any atom is 0.120 e. The molecule has 1 atom stereocenters. The normalized spacial score (nSPS) is 17.9. The van der Waals surface area contributed by atoms with Crippen molar-refractivity contribution in [1.29, 1.82) is 0 Å². The Labute approximate surface area is 116 Å². The molecule has 1 aliphatic heterocycles. The van der Waals surface area contributed by atoms with Gasteiger partial charge in [-0.2, -0.15) is 5.10 Å². The Morgan fingerprint density at radius 1 is 1.05 bits per heavy atom. The van der Waals surface area contributed by atoms with E-state index in [1.807, 2.05) is 30.3 Å². The Morgan fingerprint density at radius 3 is 2.53 bits per heavy atom. The quantitative estimate of drug-likeness (QED) is 0.899. The molecule has 3 rings (SSSR count). The Balaban J connectivity index is 1.65. The van der Waals surface area contributed by atoms with E-state index >= 15 is 0 Å². The van der Waals surface area contributed by atoms with Crippen molar-refractivity contribution in [1.82, 2.24) is 5.43 Å². The lowest BCUT2D eigenvalue weighted by Gasteiger charge is -2.09. The molecule has 0 saturated heterocycles. The predicted molar refractivity (Wildman–Crippen MR) is 79.2 cm³/mol. The first-order valence-corrected chi connectivity index (χ1v) is 7.01. The van der Waals surface area contributed by atoms with Crippen molar-refractivity contribution in [2.75, 3.05) is 0 Å². The largest absolute Gasteiger partial charge is 0.508 e. The first kappa shape index (κ1) is 12.1. The molecule has 1 unspecified atom stereocenters. The molecule has 0 aliphatic carbocycles. The van der Waals surface area contributed by atoms with Crippen LogP contribution in [0, 0.1) is 0 Å². The number of nitrogens with zero attached hydrogens (tertiary/aromatic N) is 1. The van der Waals surface area contributed by atoms with Gasteiger partial charge in [0.05, 0.1) is 5.04 Å². The van der Waals surface area contributed by atoms with E-state index in [0.29, 0.717) is 0 Å². The predicted octanol–water partition coefficient (Wildman–Crippen LogP) is 3.28. The highest BCUT2D eigenvalue weighted by molar-refractivity contribution is 8.14. The molecule has 0 amide bonds. The molecule has 1 aliphatic rings. The number of phenols is 1. The van der Waals surface area contributed by atoms with Gasteiger partial charge in [0, 0.05) is 6.42 Å². The number of rotatable bonds is 3. The standard InChI is InChI=1S/C15H14N2OS/c18-13-8-6-12(7-9-13)15-17-16-14(19-15)10-11-4-2-1-3-5-11/h1-9,15,17-18H,10H2. The van der Waals surface area contributed by atoms with Gasteiger partial charge in [0.1, 0.15) is 11.1 Å². The fourth-order valence-electron chi connectivity index (χ4n) is 1.96. The molecule has 19 heavy (non-hydrogen) atoms. The Bertz CT molecular complexity index is 581. The van der Waals surface area contributed by atoms with Crippen LogP contribution in [0.25, 0.3) is 0 Å². The summed E-state index contributed by atoms with van der Waals surface area (Å²) in [5, 5.41) is 14.9. The molecule has 0 saturated carbocycles. The molecule has 0 spiro atoms. The summed E-state index contributed by atoms with van der Waals surface area (Å²) in [7, 11) is 0. The van der Waals surface area contributed by atoms with E-state index in [2.05, 4.69) is 22.7 Å². The second-order valence-electron chi connectivity index (χ2n) is 4.39. The number of aromatic hydroxyl groups is 1. The molecule has 3 nitrogen and oxygen atoms in total. The molecule has 0 bridgehead atoms. The second kappa shape index (κ2) is 5.36. The lowest BCUT2D eigenvalue weighted by Crippen LogP contribution is -2.05. The van der Waals surface area contributed by atoms with Crippen LogP contribution >= 0.6 is 11.8 Å². The summed E-state index contributed by atoms with van der Waals surface area (Å²) in [6.07, 6.45) is 0.854. The van der Waals surface area contributed by atoms with Crippen molar-refractivity contribution < 1.29 is 5.11 Å². The average molecular weight is 270 g/mol. The number of phenolic OH excluding ortho intramolecular Hbond substituents is 1. The van der Waals surface area contributed by atoms with Crippen LogP contribution in [0.5, 0.6) is 5.75 Å². The molecule has 0 fully saturated rings. The number of nitrogens with one attached hydrogen (secondary N) is 1. The molecular weight excluding hydrogens is 256 g/mol. The lowest BCUT2D eigenvalue weighted by atomic mass is 10.2. The molecule has 2 aromatic carbocycles. The Morgan fingerprint density at radius 2 is 1.79 bits per heavy atom. The summed E-state index contributed by atoms with van der Waals surface area (Å²) in [5.74, 6) is 0.289. The van der Waals surface area contributed by atoms with Gasteiger partial charge in [-0.05, 0) is 23.3 Å². The van der Waals surface area contributed by atoms with Gasteiger partial charge < -0.3 is 5.11 Å². The zero-order valence-corrected chi connectivity index (χ0v) is 11.1. The highest BCUT2D eigenvalue weighted by Gasteiger charge is 2.20. The Kier molecular flexibility index (Phi) is 3.42. The minimum atomic E-state index is 0.138. The van der Waals surface area contributed by atoms with Gasteiger partial charge in [-0.1, -0.05) is 54.2 Å². The summed E-state index contributed by atoms with van der Waals surface area (Å²) in [5.41, 5.74) is 5.52. The lowest BCUT2D eigenvalue weighted by molar-refractivity contribution is 0.475. The third kappa shape index (κ3) is 2.90. The van der Waals surface area contributed by atoms with E-state index < -0.39 is 0 Å². The maximum absolute atomic E-state index is 9.29. The van der Waals surface area contributed by atoms with Gasteiger partial charge in [0.25, 0.3) is 0 Å². The minimum absolute atomic E-state index is 0.138. The van der Waals surface area contributed by atoms with Crippen LogP contribution in [0.1, 0.15) is 16.5 Å². The Hall–Kier alpha value is -1.94. The third-order valence-electron chi connectivity index (χ3n) is 2.95. The second-order valence-corrected chi connectivity index (χ2v) is 5.56. The first-order chi connectivity index (χ1) is 9.31. The zero-order chi connectivity index (χ0) is 13.1. The molecule has 96 valence electrons. The number of hydrazone groups is 1. The van der Waals surface area contributed by atoms with Gasteiger partial charge in [-0.15, -0.1) is 0 Å². The molecule has 2 aromatic rings. The van der Waals surface area contributed by atoms with Crippen molar-refractivity contribution in [2.45, 2.75) is 11.8 Å². The summed E-state index contributed by atoms with van der Waals surface area (Å²) in [6, 6.07) is 17.6.